The highest BCUT2D eigenvalue weighted by Gasteiger charge is 2.30. The summed E-state index contributed by atoms with van der Waals surface area (Å²) in [5.41, 5.74) is 1.85. The van der Waals surface area contributed by atoms with Crippen molar-refractivity contribution in [2.45, 2.75) is 12.8 Å². The maximum atomic E-state index is 12.2. The lowest BCUT2D eigenvalue weighted by molar-refractivity contribution is -0.274. The lowest BCUT2D eigenvalue weighted by atomic mass is 10.1. The van der Waals surface area contributed by atoms with Crippen molar-refractivity contribution in [3.05, 3.63) is 65.3 Å². The van der Waals surface area contributed by atoms with E-state index < -0.39 is 12.3 Å². The predicted molar refractivity (Wildman–Crippen MR) is 100.0 cm³/mol. The number of aromatic carboxylic acids is 1. The van der Waals surface area contributed by atoms with Gasteiger partial charge in [0.05, 0.1) is 17.0 Å². The highest BCUT2D eigenvalue weighted by Crippen LogP contribution is 2.31. The van der Waals surface area contributed by atoms with E-state index in [4.69, 9.17) is 5.11 Å². The molecule has 2 aromatic heterocycles. The fourth-order valence-electron chi connectivity index (χ4n) is 2.40. The molecule has 0 bridgehead atoms. The molecule has 6 nitrogen and oxygen atoms in total. The summed E-state index contributed by atoms with van der Waals surface area (Å²) >= 11 is 1.26. The second-order valence-corrected chi connectivity index (χ2v) is 6.75. The number of nitrogens with zero attached hydrogens (tertiary/aromatic N) is 1. The number of benzene rings is 1. The first kappa shape index (κ1) is 20.3. The van der Waals surface area contributed by atoms with Crippen LogP contribution in [0.2, 0.25) is 0 Å². The van der Waals surface area contributed by atoms with E-state index in [2.05, 4.69) is 15.0 Å². The summed E-state index contributed by atoms with van der Waals surface area (Å²) in [5, 5.41) is 13.9. The van der Waals surface area contributed by atoms with Gasteiger partial charge in [0.15, 0.2) is 0 Å². The minimum absolute atomic E-state index is 0.0311. The number of carbonyl (C=O) groups excluding carboxylic acids is 1. The van der Waals surface area contributed by atoms with Gasteiger partial charge in [0.25, 0.3) is 0 Å². The quantitative estimate of drug-likeness (QED) is 0.607. The molecule has 0 atom stereocenters. The number of carboxylic acids is 1. The van der Waals surface area contributed by atoms with E-state index in [0.717, 1.165) is 5.56 Å². The molecular weight excluding hydrogens is 409 g/mol. The van der Waals surface area contributed by atoms with Crippen LogP contribution in [0.5, 0.6) is 5.75 Å². The zero-order chi connectivity index (χ0) is 21.0. The average Bonchev–Trinajstić information content (AvgIpc) is 3.09. The molecular formula is C19H13F3N2O4S. The van der Waals surface area contributed by atoms with Crippen molar-refractivity contribution in [1.82, 2.24) is 4.98 Å². The van der Waals surface area contributed by atoms with Gasteiger partial charge in [0.1, 0.15) is 5.75 Å². The van der Waals surface area contributed by atoms with E-state index in [0.29, 0.717) is 16.3 Å². The molecule has 2 heterocycles. The van der Waals surface area contributed by atoms with Crippen LogP contribution in [-0.4, -0.2) is 28.3 Å². The largest absolute Gasteiger partial charge is 0.573 e. The van der Waals surface area contributed by atoms with Gasteiger partial charge in [-0.05, 0) is 41.5 Å². The summed E-state index contributed by atoms with van der Waals surface area (Å²) in [6.45, 7) is 0. The summed E-state index contributed by atoms with van der Waals surface area (Å²) in [7, 11) is 0. The smallest absolute Gasteiger partial charge is 0.478 e. The SMILES string of the molecule is O=C(Cc1ccc(C(=O)O)cn1)Nc1cc(-c2ccc(OC(F)(F)F)cc2)cs1. The van der Waals surface area contributed by atoms with Gasteiger partial charge >= 0.3 is 12.3 Å². The molecule has 0 aliphatic rings. The number of rotatable bonds is 6. The number of nitrogens with one attached hydrogen (secondary N) is 1. The number of alkyl halides is 3. The first-order valence-corrected chi connectivity index (χ1v) is 9.00. The molecule has 10 heteroatoms. The summed E-state index contributed by atoms with van der Waals surface area (Å²) in [6, 6.07) is 9.94. The maximum absolute atomic E-state index is 12.2. The third-order valence-electron chi connectivity index (χ3n) is 3.70. The van der Waals surface area contributed by atoms with Gasteiger partial charge in [0.2, 0.25) is 5.91 Å². The monoisotopic (exact) mass is 422 g/mol. The van der Waals surface area contributed by atoms with Gasteiger partial charge in [0, 0.05) is 17.3 Å². The Morgan fingerprint density at radius 3 is 2.41 bits per heavy atom. The van der Waals surface area contributed by atoms with E-state index in [1.165, 1.54) is 53.9 Å². The molecule has 1 amide bonds. The van der Waals surface area contributed by atoms with Crippen molar-refractivity contribution < 1.29 is 32.6 Å². The molecule has 29 heavy (non-hydrogen) atoms. The van der Waals surface area contributed by atoms with Crippen molar-refractivity contribution in [3.8, 4) is 16.9 Å². The zero-order valence-corrected chi connectivity index (χ0v) is 15.4. The van der Waals surface area contributed by atoms with Crippen LogP contribution in [0.25, 0.3) is 11.1 Å². The van der Waals surface area contributed by atoms with Crippen LogP contribution >= 0.6 is 11.3 Å². The average molecular weight is 422 g/mol. The molecule has 0 aliphatic heterocycles. The highest BCUT2D eigenvalue weighted by atomic mass is 32.1. The lowest BCUT2D eigenvalue weighted by Gasteiger charge is -2.08. The second kappa shape index (κ2) is 8.31. The number of aromatic nitrogens is 1. The minimum Gasteiger partial charge on any atom is -0.478 e. The fourth-order valence-corrected chi connectivity index (χ4v) is 3.23. The molecule has 0 radical (unpaired) electrons. The number of pyridine rings is 1. The number of anilines is 1. The van der Waals surface area contributed by atoms with Crippen LogP contribution in [0, 0.1) is 0 Å². The summed E-state index contributed by atoms with van der Waals surface area (Å²) in [4.78, 5) is 26.9. The van der Waals surface area contributed by atoms with Crippen molar-refractivity contribution in [2.24, 2.45) is 0 Å². The van der Waals surface area contributed by atoms with Crippen LogP contribution in [0.1, 0.15) is 16.1 Å². The number of hydrogen-bond acceptors (Lipinski definition) is 5. The van der Waals surface area contributed by atoms with Crippen LogP contribution in [-0.2, 0) is 11.2 Å². The van der Waals surface area contributed by atoms with E-state index in [9.17, 15) is 22.8 Å². The Kier molecular flexibility index (Phi) is 5.83. The third-order valence-corrected chi connectivity index (χ3v) is 4.54. The second-order valence-electron chi connectivity index (χ2n) is 5.84. The number of halogens is 3. The lowest BCUT2D eigenvalue weighted by Crippen LogP contribution is -2.16. The number of hydrogen-bond donors (Lipinski definition) is 2. The molecule has 3 aromatic rings. The maximum Gasteiger partial charge on any atom is 0.573 e. The van der Waals surface area contributed by atoms with Crippen LogP contribution in [0.4, 0.5) is 18.2 Å². The standard InChI is InChI=1S/C19H13F3N2O4S/c20-19(21,22)28-15-5-2-11(3-6-15)13-7-17(29-10-13)24-16(25)8-14-4-1-12(9-23-14)18(26)27/h1-7,9-10H,8H2,(H,24,25)(H,26,27). The topological polar surface area (TPSA) is 88.5 Å². The number of ether oxygens (including phenoxy) is 1. The Labute approximate surface area is 166 Å². The van der Waals surface area contributed by atoms with Gasteiger partial charge < -0.3 is 15.2 Å². The van der Waals surface area contributed by atoms with Crippen molar-refractivity contribution in [3.63, 3.8) is 0 Å². The van der Waals surface area contributed by atoms with Crippen molar-refractivity contribution in [1.29, 1.82) is 0 Å². The molecule has 0 saturated heterocycles. The molecule has 2 N–H and O–H groups in total. The molecule has 3 rings (SSSR count). The van der Waals surface area contributed by atoms with Gasteiger partial charge in [-0.15, -0.1) is 24.5 Å². The normalized spacial score (nSPS) is 11.1. The Bertz CT molecular complexity index is 1020. The summed E-state index contributed by atoms with van der Waals surface area (Å²) in [6.07, 6.45) is -3.60. The predicted octanol–water partition coefficient (Wildman–Crippen LogP) is 4.59. The van der Waals surface area contributed by atoms with Gasteiger partial charge in [-0.2, -0.15) is 0 Å². The van der Waals surface area contributed by atoms with E-state index in [1.54, 1.807) is 11.4 Å². The molecule has 0 unspecified atom stereocenters. The summed E-state index contributed by atoms with van der Waals surface area (Å²) < 4.78 is 40.5. The van der Waals surface area contributed by atoms with Gasteiger partial charge in [-0.25, -0.2) is 4.79 Å². The van der Waals surface area contributed by atoms with Crippen LogP contribution in [0.15, 0.2) is 54.0 Å². The van der Waals surface area contributed by atoms with Crippen molar-refractivity contribution >= 4 is 28.2 Å². The molecule has 0 spiro atoms. The van der Waals surface area contributed by atoms with Crippen LogP contribution < -0.4 is 10.1 Å². The Balaban J connectivity index is 1.61. The third kappa shape index (κ3) is 5.79. The number of amides is 1. The minimum atomic E-state index is -4.75. The molecule has 1 aromatic carbocycles. The molecule has 0 saturated carbocycles. The summed E-state index contributed by atoms with van der Waals surface area (Å²) in [5.74, 6) is -1.74. The first-order chi connectivity index (χ1) is 13.7. The van der Waals surface area contributed by atoms with E-state index in [-0.39, 0.29) is 23.6 Å². The highest BCUT2D eigenvalue weighted by molar-refractivity contribution is 7.14. The molecule has 0 aliphatic carbocycles. The Morgan fingerprint density at radius 2 is 1.83 bits per heavy atom. The number of thiophene rings is 1. The zero-order valence-electron chi connectivity index (χ0n) is 14.6. The molecule has 150 valence electrons. The van der Waals surface area contributed by atoms with Gasteiger partial charge in [-0.3, -0.25) is 9.78 Å². The Hall–Kier alpha value is -3.40. The fraction of sp³-hybridized carbons (Fsp3) is 0.105. The van der Waals surface area contributed by atoms with Gasteiger partial charge in [-0.1, -0.05) is 12.1 Å². The van der Waals surface area contributed by atoms with E-state index in [1.807, 2.05) is 0 Å². The number of carbonyl (C=O) groups is 2. The first-order valence-electron chi connectivity index (χ1n) is 8.12. The van der Waals surface area contributed by atoms with Crippen molar-refractivity contribution in [2.75, 3.05) is 5.32 Å². The molecule has 0 fully saturated rings. The number of carboxylic acid groups (broad SMARTS) is 1. The van der Waals surface area contributed by atoms with Crippen LogP contribution in [0.3, 0.4) is 0 Å². The van der Waals surface area contributed by atoms with E-state index >= 15 is 0 Å². The Morgan fingerprint density at radius 1 is 1.10 bits per heavy atom.